The fourth-order valence-corrected chi connectivity index (χ4v) is 6.65. The van der Waals surface area contributed by atoms with Crippen LogP contribution in [0.1, 0.15) is 0 Å². The molecule has 1 N–H and O–H groups in total. The van der Waals surface area contributed by atoms with Crippen LogP contribution in [-0.4, -0.2) is 21.6 Å². The van der Waals surface area contributed by atoms with E-state index in [2.05, 4.69) is 118 Å². The molecule has 9 rings (SSSR count). The Labute approximate surface area is 235 Å². The number of furan rings is 1. The normalized spacial score (nSPS) is 12.0. The summed E-state index contributed by atoms with van der Waals surface area (Å²) in [6, 6.07) is 44.6. The van der Waals surface area contributed by atoms with Crippen LogP contribution >= 0.6 is 0 Å². The number of benzene rings is 6. The Bertz CT molecular complexity index is 2470. The van der Waals surface area contributed by atoms with Crippen molar-refractivity contribution in [3.05, 3.63) is 127 Å². The Balaban J connectivity index is 1.46. The zero-order chi connectivity index (χ0) is 27.1. The number of fused-ring (bicyclic) bond motifs is 9. The van der Waals surface area contributed by atoms with Crippen molar-refractivity contribution in [3.8, 4) is 11.4 Å². The minimum absolute atomic E-state index is 0.668. The second-order valence-electron chi connectivity index (χ2n) is 10.5. The maximum absolute atomic E-state index is 9.88. The minimum atomic E-state index is 0.668. The van der Waals surface area contributed by atoms with E-state index in [0.717, 1.165) is 51.8 Å². The molecule has 1 radical (unpaired) electrons. The first kappa shape index (κ1) is 22.5. The van der Waals surface area contributed by atoms with Gasteiger partial charge in [-0.05, 0) is 47.9 Å². The Morgan fingerprint density at radius 1 is 0.463 bits per heavy atom. The van der Waals surface area contributed by atoms with E-state index in [1.165, 1.54) is 27.1 Å². The van der Waals surface area contributed by atoms with Gasteiger partial charge in [-0.3, -0.25) is 0 Å². The fraction of sp³-hybridized carbons (Fsp3) is 0. The number of hydrogen-bond donors (Lipinski definition) is 1. The predicted molar refractivity (Wildman–Crippen MR) is 170 cm³/mol. The third-order valence-corrected chi connectivity index (χ3v) is 8.39. The first-order valence-corrected chi connectivity index (χ1v) is 13.8. The summed E-state index contributed by atoms with van der Waals surface area (Å²) >= 11 is 0. The van der Waals surface area contributed by atoms with Crippen molar-refractivity contribution in [1.82, 2.24) is 9.13 Å². The van der Waals surface area contributed by atoms with Crippen molar-refractivity contribution < 1.29 is 9.44 Å². The van der Waals surface area contributed by atoms with Crippen molar-refractivity contribution in [1.29, 1.82) is 0 Å². The van der Waals surface area contributed by atoms with Crippen LogP contribution in [0.5, 0.6) is 0 Å². The molecule has 41 heavy (non-hydrogen) atoms. The van der Waals surface area contributed by atoms with Crippen LogP contribution < -0.4 is 5.46 Å². The van der Waals surface area contributed by atoms with Gasteiger partial charge in [0.15, 0.2) is 5.58 Å². The molecule has 0 spiro atoms. The number of nitrogens with zero attached hydrogens (tertiary/aromatic N) is 2. The Morgan fingerprint density at radius 2 is 1.05 bits per heavy atom. The Kier molecular flexibility index (Phi) is 4.60. The third kappa shape index (κ3) is 3.04. The molecule has 191 valence electrons. The molecular weight excluding hydrogens is 503 g/mol. The summed E-state index contributed by atoms with van der Waals surface area (Å²) in [6.07, 6.45) is 0. The molecule has 6 aromatic carbocycles. The summed E-state index contributed by atoms with van der Waals surface area (Å²) in [5.74, 6) is 0. The van der Waals surface area contributed by atoms with Crippen LogP contribution in [0.15, 0.2) is 132 Å². The molecule has 0 atom stereocenters. The first-order valence-electron chi connectivity index (χ1n) is 13.8. The molecule has 0 aliphatic carbocycles. The standard InChI is InChI=1S/C36H22BN2O2/c40-37-29-16-8-14-25-26-15-9-19-32(36(26)41-35(25)29)39-31-18-7-5-13-24(31)28-20-27-23-12-4-6-17-30(23)38(33(27)21-34(28)39)22-10-2-1-3-11-22/h1-21,40H. The maximum atomic E-state index is 9.88. The van der Waals surface area contributed by atoms with E-state index in [1.807, 2.05) is 18.2 Å². The highest BCUT2D eigenvalue weighted by Gasteiger charge is 2.21. The Morgan fingerprint density at radius 3 is 1.78 bits per heavy atom. The number of aromatic nitrogens is 2. The van der Waals surface area contributed by atoms with Crippen molar-refractivity contribution in [2.45, 2.75) is 0 Å². The third-order valence-electron chi connectivity index (χ3n) is 8.39. The SMILES string of the molecule is O[B]c1cccc2c1oc1c(-n3c4ccccc4c4cc5c6ccccc6n(-c6ccccc6)c5cc43)cccc12. The van der Waals surface area contributed by atoms with Crippen molar-refractivity contribution >= 4 is 78.5 Å². The number of hydrogen-bond acceptors (Lipinski definition) is 2. The molecule has 5 heteroatoms. The van der Waals surface area contributed by atoms with Gasteiger partial charge in [0.25, 0.3) is 0 Å². The molecule has 0 aliphatic heterocycles. The van der Waals surface area contributed by atoms with E-state index in [4.69, 9.17) is 4.42 Å². The Hall–Kier alpha value is -5.26. The van der Waals surface area contributed by atoms with Gasteiger partial charge >= 0.3 is 7.48 Å². The van der Waals surface area contributed by atoms with E-state index in [-0.39, 0.29) is 0 Å². The second-order valence-corrected chi connectivity index (χ2v) is 10.5. The van der Waals surface area contributed by atoms with Crippen molar-refractivity contribution in [2.75, 3.05) is 0 Å². The lowest BCUT2D eigenvalue weighted by Gasteiger charge is -2.10. The lowest BCUT2D eigenvalue weighted by molar-refractivity contribution is 0.613. The molecule has 3 heterocycles. The van der Waals surface area contributed by atoms with Gasteiger partial charge in [-0.15, -0.1) is 0 Å². The second kappa shape index (κ2) is 8.37. The highest BCUT2D eigenvalue weighted by molar-refractivity contribution is 6.50. The average molecular weight is 525 g/mol. The molecule has 9 aromatic rings. The van der Waals surface area contributed by atoms with E-state index in [0.29, 0.717) is 11.0 Å². The summed E-state index contributed by atoms with van der Waals surface area (Å²) in [5, 5.41) is 16.7. The van der Waals surface area contributed by atoms with Gasteiger partial charge in [0.1, 0.15) is 5.58 Å². The molecule has 0 aliphatic rings. The van der Waals surface area contributed by atoms with E-state index >= 15 is 0 Å². The molecule has 0 fully saturated rings. The molecule has 0 saturated heterocycles. The number of para-hydroxylation sites is 5. The van der Waals surface area contributed by atoms with Gasteiger partial charge < -0.3 is 18.6 Å². The van der Waals surface area contributed by atoms with Crippen LogP contribution in [0.2, 0.25) is 0 Å². The van der Waals surface area contributed by atoms with E-state index in [9.17, 15) is 5.02 Å². The van der Waals surface area contributed by atoms with Gasteiger partial charge in [-0.1, -0.05) is 84.9 Å². The molecule has 0 saturated carbocycles. The fourth-order valence-electron chi connectivity index (χ4n) is 6.65. The molecule has 4 nitrogen and oxygen atoms in total. The highest BCUT2D eigenvalue weighted by atomic mass is 16.3. The molecule has 0 unspecified atom stereocenters. The predicted octanol–water partition coefficient (Wildman–Crippen LogP) is 8.02. The quantitative estimate of drug-likeness (QED) is 0.238. The van der Waals surface area contributed by atoms with Crippen LogP contribution in [0.4, 0.5) is 0 Å². The zero-order valence-electron chi connectivity index (χ0n) is 22.0. The van der Waals surface area contributed by atoms with Gasteiger partial charge in [0.2, 0.25) is 0 Å². The van der Waals surface area contributed by atoms with Gasteiger partial charge in [-0.2, -0.15) is 0 Å². The molecular formula is C36H22BN2O2. The summed E-state index contributed by atoms with van der Waals surface area (Å²) < 4.78 is 11.2. The number of rotatable bonds is 3. The summed E-state index contributed by atoms with van der Waals surface area (Å²) in [7, 11) is 1.12. The van der Waals surface area contributed by atoms with Crippen LogP contribution in [0, 0.1) is 0 Å². The maximum Gasteiger partial charge on any atom is 0.330 e. The topological polar surface area (TPSA) is 43.2 Å². The van der Waals surface area contributed by atoms with Crippen molar-refractivity contribution in [3.63, 3.8) is 0 Å². The smallest absolute Gasteiger partial charge is 0.330 e. The van der Waals surface area contributed by atoms with E-state index in [1.54, 1.807) is 0 Å². The van der Waals surface area contributed by atoms with Crippen LogP contribution in [0.25, 0.3) is 76.9 Å². The van der Waals surface area contributed by atoms with Crippen molar-refractivity contribution in [2.24, 2.45) is 0 Å². The summed E-state index contributed by atoms with van der Waals surface area (Å²) in [5.41, 5.74) is 8.82. The van der Waals surface area contributed by atoms with E-state index < -0.39 is 0 Å². The first-order chi connectivity index (χ1) is 20.3. The van der Waals surface area contributed by atoms with Crippen LogP contribution in [-0.2, 0) is 0 Å². The largest absolute Gasteiger partial charge is 0.454 e. The highest BCUT2D eigenvalue weighted by Crippen LogP contribution is 2.41. The lowest BCUT2D eigenvalue weighted by atomic mass is 9.87. The lowest BCUT2D eigenvalue weighted by Crippen LogP contribution is -2.13. The average Bonchev–Trinajstić information content (AvgIpc) is 3.68. The van der Waals surface area contributed by atoms with Gasteiger partial charge in [-0.25, -0.2) is 0 Å². The summed E-state index contributed by atoms with van der Waals surface area (Å²) in [6.45, 7) is 0. The monoisotopic (exact) mass is 525 g/mol. The minimum Gasteiger partial charge on any atom is -0.454 e. The molecule has 0 amide bonds. The van der Waals surface area contributed by atoms with Gasteiger partial charge in [0, 0.05) is 38.0 Å². The van der Waals surface area contributed by atoms with Gasteiger partial charge in [0.05, 0.1) is 27.8 Å². The zero-order valence-corrected chi connectivity index (χ0v) is 22.0. The molecule has 0 bridgehead atoms. The summed E-state index contributed by atoms with van der Waals surface area (Å²) in [4.78, 5) is 0. The molecule has 3 aromatic heterocycles. The van der Waals surface area contributed by atoms with Crippen LogP contribution in [0.3, 0.4) is 0 Å².